The monoisotopic (exact) mass is 396 g/mol. The van der Waals surface area contributed by atoms with Crippen LogP contribution in [0.25, 0.3) is 0 Å². The van der Waals surface area contributed by atoms with Gasteiger partial charge in [0.2, 0.25) is 0 Å². The maximum absolute atomic E-state index is 12.7. The fourth-order valence-corrected chi connectivity index (χ4v) is 3.99. The van der Waals surface area contributed by atoms with Crippen molar-refractivity contribution in [3.05, 3.63) is 47.5 Å². The predicted molar refractivity (Wildman–Crippen MR) is 109 cm³/mol. The van der Waals surface area contributed by atoms with Crippen molar-refractivity contribution in [1.82, 2.24) is 19.8 Å². The largest absolute Gasteiger partial charge is 0.497 e. The molecule has 0 saturated carbocycles. The first-order valence-electron chi connectivity index (χ1n) is 10.2. The molecule has 0 unspecified atom stereocenters. The topological polar surface area (TPSA) is 67.8 Å². The zero-order valence-corrected chi connectivity index (χ0v) is 17.1. The van der Waals surface area contributed by atoms with Crippen LogP contribution in [-0.2, 0) is 17.8 Å². The number of carbonyl (C=O) groups is 1. The fourth-order valence-electron chi connectivity index (χ4n) is 3.99. The van der Waals surface area contributed by atoms with Crippen molar-refractivity contribution >= 4 is 5.91 Å². The lowest BCUT2D eigenvalue weighted by atomic mass is 9.96. The summed E-state index contributed by atoms with van der Waals surface area (Å²) in [6.07, 6.45) is 4.91. The summed E-state index contributed by atoms with van der Waals surface area (Å²) < 4.78 is 10.8. The van der Waals surface area contributed by atoms with Gasteiger partial charge < -0.3 is 19.3 Å². The normalized spacial score (nSPS) is 19.5. The van der Waals surface area contributed by atoms with Crippen molar-refractivity contribution in [2.45, 2.75) is 31.7 Å². The van der Waals surface area contributed by atoms with E-state index >= 15 is 0 Å². The highest BCUT2D eigenvalue weighted by Crippen LogP contribution is 2.26. The molecule has 0 N–H and O–H groups in total. The van der Waals surface area contributed by atoms with Gasteiger partial charge in [0.15, 0.2) is 6.61 Å². The highest BCUT2D eigenvalue weighted by molar-refractivity contribution is 5.78. The Morgan fingerprint density at radius 2 is 2.00 bits per heavy atom. The first-order chi connectivity index (χ1) is 14.1. The molecule has 1 fully saturated rings. The standard InChI is InChI=1S/C22H28N4O3/c1-25-11-9-20-17(13-25)12-23-22(24-20)16-4-3-10-26(14-16)21(27)15-29-19-7-5-18(28-2)6-8-19/h5-8,12,16H,3-4,9-11,13-15H2,1-2H3/t16-/m1/s1. The number of carbonyl (C=O) groups excluding carboxylic acids is 1. The molecule has 7 heteroatoms. The summed E-state index contributed by atoms with van der Waals surface area (Å²) in [5.74, 6) is 2.50. The summed E-state index contributed by atoms with van der Waals surface area (Å²) in [6.45, 7) is 3.39. The molecule has 29 heavy (non-hydrogen) atoms. The Balaban J connectivity index is 1.35. The van der Waals surface area contributed by atoms with Crippen LogP contribution < -0.4 is 9.47 Å². The maximum Gasteiger partial charge on any atom is 0.260 e. The van der Waals surface area contributed by atoms with Gasteiger partial charge in [-0.1, -0.05) is 0 Å². The van der Waals surface area contributed by atoms with Gasteiger partial charge in [-0.25, -0.2) is 9.97 Å². The second kappa shape index (κ2) is 8.78. The second-order valence-electron chi connectivity index (χ2n) is 7.83. The molecule has 0 radical (unpaired) electrons. The highest BCUT2D eigenvalue weighted by atomic mass is 16.5. The number of benzene rings is 1. The molecule has 0 aliphatic carbocycles. The van der Waals surface area contributed by atoms with Gasteiger partial charge in [-0.2, -0.15) is 0 Å². The number of hydrogen-bond donors (Lipinski definition) is 0. The molecule has 1 aromatic heterocycles. The summed E-state index contributed by atoms with van der Waals surface area (Å²) in [5.41, 5.74) is 2.39. The summed E-state index contributed by atoms with van der Waals surface area (Å²) in [4.78, 5) is 26.3. The number of piperidine rings is 1. The van der Waals surface area contributed by atoms with Gasteiger partial charge >= 0.3 is 0 Å². The van der Waals surface area contributed by atoms with Crippen LogP contribution in [0.3, 0.4) is 0 Å². The number of ether oxygens (including phenoxy) is 2. The van der Waals surface area contributed by atoms with Crippen molar-refractivity contribution in [1.29, 1.82) is 0 Å². The van der Waals surface area contributed by atoms with Gasteiger partial charge in [0.25, 0.3) is 5.91 Å². The van der Waals surface area contributed by atoms with Gasteiger partial charge in [0.1, 0.15) is 17.3 Å². The number of hydrogen-bond acceptors (Lipinski definition) is 6. The second-order valence-corrected chi connectivity index (χ2v) is 7.83. The number of aromatic nitrogens is 2. The average Bonchev–Trinajstić information content (AvgIpc) is 2.77. The minimum atomic E-state index is 0.00472. The lowest BCUT2D eigenvalue weighted by molar-refractivity contribution is -0.134. The highest BCUT2D eigenvalue weighted by Gasteiger charge is 2.27. The third kappa shape index (κ3) is 4.67. The van der Waals surface area contributed by atoms with E-state index in [2.05, 4.69) is 16.9 Å². The zero-order valence-electron chi connectivity index (χ0n) is 17.1. The molecule has 1 amide bonds. The van der Waals surface area contributed by atoms with Crippen LogP contribution in [0.1, 0.15) is 35.8 Å². The Hall–Kier alpha value is -2.67. The summed E-state index contributed by atoms with van der Waals surface area (Å²) >= 11 is 0. The smallest absolute Gasteiger partial charge is 0.260 e. The molecular weight excluding hydrogens is 368 g/mol. The SMILES string of the molecule is COc1ccc(OCC(=O)N2CCC[C@@H](c3ncc4c(n3)CCN(C)C4)C2)cc1. The summed E-state index contributed by atoms with van der Waals surface area (Å²) in [6, 6.07) is 7.26. The third-order valence-corrected chi connectivity index (χ3v) is 5.70. The van der Waals surface area contributed by atoms with Gasteiger partial charge in [-0.3, -0.25) is 4.79 Å². The molecule has 1 atom stereocenters. The van der Waals surface area contributed by atoms with Crippen molar-refractivity contribution in [3.63, 3.8) is 0 Å². The lowest BCUT2D eigenvalue weighted by Gasteiger charge is -2.32. The molecule has 2 aliphatic heterocycles. The van der Waals surface area contributed by atoms with Crippen molar-refractivity contribution < 1.29 is 14.3 Å². The maximum atomic E-state index is 12.7. The Bertz CT molecular complexity index is 856. The number of amides is 1. The zero-order chi connectivity index (χ0) is 20.2. The van der Waals surface area contributed by atoms with Crippen molar-refractivity contribution in [2.75, 3.05) is 40.4 Å². The average molecular weight is 396 g/mol. The van der Waals surface area contributed by atoms with Crippen LogP contribution in [0.4, 0.5) is 0 Å². The number of likely N-dealkylation sites (tertiary alicyclic amines) is 1. The Morgan fingerprint density at radius 3 is 2.79 bits per heavy atom. The van der Waals surface area contributed by atoms with Crippen LogP contribution in [-0.4, -0.2) is 66.1 Å². The van der Waals surface area contributed by atoms with E-state index in [1.807, 2.05) is 35.4 Å². The fraction of sp³-hybridized carbons (Fsp3) is 0.500. The third-order valence-electron chi connectivity index (χ3n) is 5.70. The van der Waals surface area contributed by atoms with E-state index in [4.69, 9.17) is 14.5 Å². The first kappa shape index (κ1) is 19.6. The van der Waals surface area contributed by atoms with Gasteiger partial charge in [-0.15, -0.1) is 0 Å². The van der Waals surface area contributed by atoms with Crippen LogP contribution in [0.2, 0.25) is 0 Å². The molecule has 0 bridgehead atoms. The van der Waals surface area contributed by atoms with Gasteiger partial charge in [-0.05, 0) is 44.2 Å². The molecule has 154 valence electrons. The molecule has 4 rings (SSSR count). The van der Waals surface area contributed by atoms with Crippen LogP contribution >= 0.6 is 0 Å². The number of rotatable bonds is 5. The van der Waals surface area contributed by atoms with Crippen LogP contribution in [0.5, 0.6) is 11.5 Å². The molecule has 2 aromatic rings. The van der Waals surface area contributed by atoms with E-state index in [-0.39, 0.29) is 18.4 Å². The van der Waals surface area contributed by atoms with Gasteiger partial charge in [0, 0.05) is 56.0 Å². The summed E-state index contributed by atoms with van der Waals surface area (Å²) in [7, 11) is 3.74. The van der Waals surface area contributed by atoms with Crippen LogP contribution in [0.15, 0.2) is 30.5 Å². The van der Waals surface area contributed by atoms with E-state index in [9.17, 15) is 4.79 Å². The molecule has 1 saturated heterocycles. The van der Waals surface area contributed by atoms with E-state index < -0.39 is 0 Å². The van der Waals surface area contributed by atoms with Crippen LogP contribution in [0, 0.1) is 0 Å². The minimum Gasteiger partial charge on any atom is -0.497 e. The van der Waals surface area contributed by atoms with E-state index in [0.717, 1.165) is 50.5 Å². The number of methoxy groups -OCH3 is 1. The molecular formula is C22H28N4O3. The quantitative estimate of drug-likeness (QED) is 0.772. The minimum absolute atomic E-state index is 0.00472. The van der Waals surface area contributed by atoms with E-state index in [1.54, 1.807) is 7.11 Å². The van der Waals surface area contributed by atoms with Crippen molar-refractivity contribution in [2.24, 2.45) is 0 Å². The van der Waals surface area contributed by atoms with Crippen molar-refractivity contribution in [3.8, 4) is 11.5 Å². The molecule has 2 aliphatic rings. The van der Waals surface area contributed by atoms with Gasteiger partial charge in [0.05, 0.1) is 7.11 Å². The number of fused-ring (bicyclic) bond motifs is 1. The number of likely N-dealkylation sites (N-methyl/N-ethyl adjacent to an activating group) is 1. The van der Waals surface area contributed by atoms with E-state index in [1.165, 1.54) is 11.3 Å². The summed E-state index contributed by atoms with van der Waals surface area (Å²) in [5, 5.41) is 0. The molecule has 1 aromatic carbocycles. The first-order valence-corrected chi connectivity index (χ1v) is 10.2. The predicted octanol–water partition coefficient (Wildman–Crippen LogP) is 2.26. The molecule has 7 nitrogen and oxygen atoms in total. The molecule has 3 heterocycles. The molecule has 0 spiro atoms. The Labute approximate surface area is 171 Å². The van der Waals surface area contributed by atoms with E-state index in [0.29, 0.717) is 12.3 Å². The number of nitrogens with zero attached hydrogens (tertiary/aromatic N) is 4. The Kier molecular flexibility index (Phi) is 5.94. The lowest BCUT2D eigenvalue weighted by Crippen LogP contribution is -2.42. The Morgan fingerprint density at radius 1 is 1.21 bits per heavy atom.